The van der Waals surface area contributed by atoms with Crippen LogP contribution in [0.1, 0.15) is 32.6 Å². The molecule has 150 valence electrons. The summed E-state index contributed by atoms with van der Waals surface area (Å²) in [6.07, 6.45) is 1.36. The average molecular weight is 430 g/mol. The molecule has 0 saturated carbocycles. The molecule has 0 fully saturated rings. The lowest BCUT2D eigenvalue weighted by atomic mass is 9.94. The minimum Gasteiger partial charge on any atom is -0.481 e. The summed E-state index contributed by atoms with van der Waals surface area (Å²) in [7, 11) is -4.05. The maximum Gasteiger partial charge on any atom is 0.313 e. The summed E-state index contributed by atoms with van der Waals surface area (Å²) in [5.74, 6) is -1.72. The fourth-order valence-electron chi connectivity index (χ4n) is 3.38. The third-order valence-corrected chi connectivity index (χ3v) is 6.97. The number of aryl methyl sites for hydroxylation is 3. The fraction of sp³-hybridized carbons (Fsp3) is 0.190. The van der Waals surface area contributed by atoms with Crippen molar-refractivity contribution in [2.24, 2.45) is 4.40 Å². The monoisotopic (exact) mass is 429 g/mol. The molecule has 0 radical (unpaired) electrons. The highest BCUT2D eigenvalue weighted by molar-refractivity contribution is 8.04. The van der Waals surface area contributed by atoms with Crippen molar-refractivity contribution in [3.05, 3.63) is 75.2 Å². The second kappa shape index (κ2) is 7.96. The Kier molecular flexibility index (Phi) is 5.77. The van der Waals surface area contributed by atoms with Crippen LogP contribution in [0.25, 0.3) is 0 Å². The van der Waals surface area contributed by atoms with E-state index in [1.165, 1.54) is 6.08 Å². The van der Waals surface area contributed by atoms with Crippen molar-refractivity contribution in [1.82, 2.24) is 0 Å². The van der Waals surface area contributed by atoms with Crippen LogP contribution < -0.4 is 0 Å². The first-order valence-electron chi connectivity index (χ1n) is 8.73. The van der Waals surface area contributed by atoms with Crippen molar-refractivity contribution in [2.75, 3.05) is 5.75 Å². The van der Waals surface area contributed by atoms with Crippen LogP contribution in [0.3, 0.4) is 0 Å². The zero-order valence-corrected chi connectivity index (χ0v) is 17.7. The van der Waals surface area contributed by atoms with Crippen LogP contribution in [0.2, 0.25) is 0 Å². The van der Waals surface area contributed by atoms with Crippen molar-refractivity contribution >= 4 is 39.2 Å². The van der Waals surface area contributed by atoms with Crippen LogP contribution in [0.15, 0.2) is 56.7 Å². The minimum absolute atomic E-state index is 0.118. The Morgan fingerprint density at radius 1 is 1.07 bits per heavy atom. The maximum absolute atomic E-state index is 13.1. The van der Waals surface area contributed by atoms with E-state index in [4.69, 9.17) is 5.11 Å². The lowest BCUT2D eigenvalue weighted by Gasteiger charge is -2.17. The first kappa shape index (κ1) is 21.0. The number of sulfonamides is 1. The molecule has 1 aliphatic rings. The van der Waals surface area contributed by atoms with Gasteiger partial charge in [-0.1, -0.05) is 42.0 Å². The Labute approximate surface area is 173 Å². The molecule has 1 N–H and O–H groups in total. The number of aliphatic carboxylic acids is 1. The number of allylic oxidation sites excluding steroid dienone is 2. The summed E-state index contributed by atoms with van der Waals surface area (Å²) < 4.78 is 30.3. The van der Waals surface area contributed by atoms with E-state index in [1.807, 2.05) is 6.92 Å². The Hall–Kier alpha value is -2.71. The van der Waals surface area contributed by atoms with Crippen molar-refractivity contribution in [3.63, 3.8) is 0 Å². The molecular formula is C21H19NO5S2. The number of rotatable bonds is 5. The van der Waals surface area contributed by atoms with E-state index >= 15 is 0 Å². The number of carbonyl (C=O) groups excluding carboxylic acids is 1. The molecule has 0 saturated heterocycles. The molecule has 0 aromatic heterocycles. The van der Waals surface area contributed by atoms with Gasteiger partial charge >= 0.3 is 5.97 Å². The quantitative estimate of drug-likeness (QED) is 0.778. The molecule has 2 aromatic carbocycles. The van der Waals surface area contributed by atoms with Gasteiger partial charge in [-0.25, -0.2) is 0 Å². The number of carboxylic acids is 1. The van der Waals surface area contributed by atoms with Gasteiger partial charge in [0.05, 0.1) is 21.3 Å². The Morgan fingerprint density at radius 3 is 2.24 bits per heavy atom. The van der Waals surface area contributed by atoms with Crippen LogP contribution in [0.4, 0.5) is 0 Å². The van der Waals surface area contributed by atoms with E-state index in [-0.39, 0.29) is 27.0 Å². The molecule has 1 aliphatic carbocycles. The number of thioether (sulfide) groups is 1. The summed E-state index contributed by atoms with van der Waals surface area (Å²) in [5.41, 5.74) is 2.96. The highest BCUT2D eigenvalue weighted by Gasteiger charge is 2.27. The SMILES string of the molecule is Cc1cc(C)c(S(=O)(=O)N=C2C=C(SCC(=O)O)C(=O)c3ccccc32)c(C)c1. The lowest BCUT2D eigenvalue weighted by molar-refractivity contribution is -0.133. The Bertz CT molecular complexity index is 1170. The van der Waals surface area contributed by atoms with Crippen LogP contribution in [-0.2, 0) is 14.8 Å². The number of carbonyl (C=O) groups is 2. The predicted octanol–water partition coefficient (Wildman–Crippen LogP) is 3.69. The molecule has 0 amide bonds. The summed E-state index contributed by atoms with van der Waals surface area (Å²) in [4.78, 5) is 23.9. The minimum atomic E-state index is -4.05. The van der Waals surface area contributed by atoms with Gasteiger partial charge in [0.25, 0.3) is 10.0 Å². The van der Waals surface area contributed by atoms with Gasteiger partial charge in [-0.2, -0.15) is 12.8 Å². The maximum atomic E-state index is 13.1. The molecule has 3 rings (SSSR count). The molecule has 8 heteroatoms. The van der Waals surface area contributed by atoms with Gasteiger partial charge in [-0.3, -0.25) is 9.59 Å². The van der Waals surface area contributed by atoms with Gasteiger partial charge < -0.3 is 5.11 Å². The number of carboxylic acid groups (broad SMARTS) is 1. The lowest BCUT2D eigenvalue weighted by Crippen LogP contribution is -2.18. The molecule has 0 aliphatic heterocycles. The second-order valence-corrected chi connectivity index (χ2v) is 9.30. The average Bonchev–Trinajstić information content (AvgIpc) is 2.61. The van der Waals surface area contributed by atoms with Crippen molar-refractivity contribution in [2.45, 2.75) is 25.7 Å². The molecule has 0 bridgehead atoms. The van der Waals surface area contributed by atoms with Gasteiger partial charge in [-0.15, -0.1) is 11.8 Å². The number of hydrogen-bond donors (Lipinski definition) is 1. The van der Waals surface area contributed by atoms with E-state index in [2.05, 4.69) is 4.40 Å². The molecule has 0 atom stereocenters. The third kappa shape index (κ3) is 4.33. The van der Waals surface area contributed by atoms with Gasteiger partial charge in [0.1, 0.15) is 0 Å². The summed E-state index contributed by atoms with van der Waals surface area (Å²) in [5, 5.41) is 8.92. The molecule has 0 heterocycles. The molecule has 29 heavy (non-hydrogen) atoms. The van der Waals surface area contributed by atoms with Gasteiger partial charge in [-0.05, 0) is 38.0 Å². The summed E-state index contributed by atoms with van der Waals surface area (Å²) in [6, 6.07) is 10.1. The van der Waals surface area contributed by atoms with Crippen LogP contribution in [0.5, 0.6) is 0 Å². The highest BCUT2D eigenvalue weighted by Crippen LogP contribution is 2.30. The normalized spacial score (nSPS) is 15.2. The van der Waals surface area contributed by atoms with Gasteiger partial charge in [0.2, 0.25) is 0 Å². The van der Waals surface area contributed by atoms with E-state index in [0.717, 1.165) is 17.3 Å². The Morgan fingerprint density at radius 2 is 1.66 bits per heavy atom. The number of Topliss-reactive ketones (excluding diaryl/α,β-unsaturated/α-hetero) is 1. The van der Waals surface area contributed by atoms with Gasteiger partial charge in [0.15, 0.2) is 5.78 Å². The third-order valence-electron chi connectivity index (χ3n) is 4.37. The molecule has 0 spiro atoms. The van der Waals surface area contributed by atoms with Crippen molar-refractivity contribution in [1.29, 1.82) is 0 Å². The molecule has 0 unspecified atom stereocenters. The number of hydrogen-bond acceptors (Lipinski definition) is 5. The smallest absolute Gasteiger partial charge is 0.313 e. The first-order chi connectivity index (χ1) is 13.6. The van der Waals surface area contributed by atoms with E-state index in [9.17, 15) is 18.0 Å². The number of nitrogens with zero attached hydrogens (tertiary/aromatic N) is 1. The zero-order chi connectivity index (χ0) is 21.3. The summed E-state index contributed by atoms with van der Waals surface area (Å²) in [6.45, 7) is 5.32. The van der Waals surface area contributed by atoms with E-state index < -0.39 is 16.0 Å². The second-order valence-electron chi connectivity index (χ2n) is 6.75. The molecule has 2 aromatic rings. The fourth-order valence-corrected chi connectivity index (χ4v) is 5.52. The van der Waals surface area contributed by atoms with E-state index in [0.29, 0.717) is 22.3 Å². The highest BCUT2D eigenvalue weighted by atomic mass is 32.2. The van der Waals surface area contributed by atoms with E-state index in [1.54, 1.807) is 50.2 Å². The first-order valence-corrected chi connectivity index (χ1v) is 11.2. The predicted molar refractivity (Wildman–Crippen MR) is 113 cm³/mol. The van der Waals surface area contributed by atoms with Gasteiger partial charge in [0, 0.05) is 11.1 Å². The standard InChI is InChI=1S/C21H19NO5S2/c1-12-8-13(2)21(14(3)9-12)29(26,27)22-17-10-18(28-11-19(23)24)20(25)16-7-5-4-6-15(16)17/h4-10H,11H2,1-3H3,(H,23,24). The van der Waals surface area contributed by atoms with Crippen molar-refractivity contribution in [3.8, 4) is 0 Å². The van der Waals surface area contributed by atoms with Crippen LogP contribution in [0, 0.1) is 20.8 Å². The molecular weight excluding hydrogens is 410 g/mol. The largest absolute Gasteiger partial charge is 0.481 e. The zero-order valence-electron chi connectivity index (χ0n) is 16.1. The van der Waals surface area contributed by atoms with Crippen molar-refractivity contribution < 1.29 is 23.1 Å². The Balaban J connectivity index is 2.17. The topological polar surface area (TPSA) is 101 Å². The summed E-state index contributed by atoms with van der Waals surface area (Å²) >= 11 is 0.847. The number of fused-ring (bicyclic) bond motifs is 1. The number of ketones is 1. The van der Waals surface area contributed by atoms with Crippen LogP contribution >= 0.6 is 11.8 Å². The number of benzene rings is 2. The molecule has 6 nitrogen and oxygen atoms in total. The van der Waals surface area contributed by atoms with Crippen LogP contribution in [-0.4, -0.2) is 36.7 Å².